The molecule has 34 heavy (non-hydrogen) atoms. The summed E-state index contributed by atoms with van der Waals surface area (Å²) in [6.45, 7) is 7.30. The van der Waals surface area contributed by atoms with Gasteiger partial charge in [0.1, 0.15) is 18.7 Å². The number of benzene rings is 3. The largest absolute Gasteiger partial charge is 1.00 e. The Morgan fingerprint density at radius 2 is 1.82 bits per heavy atom. The minimum Gasteiger partial charge on any atom is -1.00 e. The fraction of sp³-hybridized carbons (Fsp3) is 0.300. The van der Waals surface area contributed by atoms with E-state index in [9.17, 15) is 5.11 Å². The number of pyridine rings is 1. The van der Waals surface area contributed by atoms with Crippen LogP contribution in [0, 0.1) is 11.8 Å². The Balaban J connectivity index is 0.00000241. The van der Waals surface area contributed by atoms with Crippen molar-refractivity contribution in [1.82, 2.24) is 4.98 Å². The molecule has 1 N–H and O–H groups in total. The van der Waals surface area contributed by atoms with Gasteiger partial charge in [-0.15, -0.1) is 6.58 Å². The average Bonchev–Trinajstić information content (AvgIpc) is 2.87. The number of hydrogen-bond donors (Lipinski definition) is 1. The molecule has 0 radical (unpaired) electrons. The molecule has 0 saturated carbocycles. The Bertz CT molecular complexity index is 1330. The molecule has 2 bridgehead atoms. The molecule has 3 aromatic carbocycles. The van der Waals surface area contributed by atoms with Gasteiger partial charge in [-0.25, -0.2) is 0 Å². The van der Waals surface area contributed by atoms with Crippen LogP contribution >= 0.6 is 0 Å². The molecule has 3 aliphatic heterocycles. The SMILES string of the molecule is C=C[C@H]1C[N+]2(Cc3ccc4ccccc4c3)CC[C@H]1C[C@@H]2[C@@H](O)c1ccnc2ccccc12.[Br-]. The van der Waals surface area contributed by atoms with Crippen LogP contribution in [0.1, 0.15) is 30.1 Å². The molecule has 0 spiro atoms. The monoisotopic (exact) mass is 514 g/mol. The molecule has 174 valence electrons. The lowest BCUT2D eigenvalue weighted by Crippen LogP contribution is -3.00. The minimum atomic E-state index is -0.507. The average molecular weight is 515 g/mol. The van der Waals surface area contributed by atoms with Gasteiger partial charge < -0.3 is 26.6 Å². The van der Waals surface area contributed by atoms with Gasteiger partial charge in [0.25, 0.3) is 0 Å². The zero-order valence-corrected chi connectivity index (χ0v) is 20.9. The molecule has 0 amide bonds. The summed E-state index contributed by atoms with van der Waals surface area (Å²) in [5.41, 5.74) is 3.33. The van der Waals surface area contributed by atoms with Crippen molar-refractivity contribution >= 4 is 21.7 Å². The third kappa shape index (κ3) is 3.88. The lowest BCUT2D eigenvalue weighted by Gasteiger charge is -2.58. The molecule has 5 atom stereocenters. The molecule has 3 aliphatic rings. The van der Waals surface area contributed by atoms with E-state index in [0.29, 0.717) is 11.8 Å². The maximum absolute atomic E-state index is 11.9. The van der Waals surface area contributed by atoms with Crippen LogP contribution in [-0.2, 0) is 6.54 Å². The van der Waals surface area contributed by atoms with Crippen LogP contribution in [0.3, 0.4) is 0 Å². The van der Waals surface area contributed by atoms with Crippen LogP contribution in [0.25, 0.3) is 21.7 Å². The second-order valence-electron chi connectivity index (χ2n) is 10.1. The van der Waals surface area contributed by atoms with E-state index in [2.05, 4.69) is 66.2 Å². The Kier molecular flexibility index (Phi) is 6.32. The molecule has 1 unspecified atom stereocenters. The highest BCUT2D eigenvalue weighted by Gasteiger charge is 2.53. The molecular formula is C30H31BrN2O. The number of hydrogen-bond acceptors (Lipinski definition) is 2. The summed E-state index contributed by atoms with van der Waals surface area (Å²) in [5, 5.41) is 15.5. The van der Waals surface area contributed by atoms with Gasteiger partial charge in [-0.1, -0.05) is 60.7 Å². The lowest BCUT2D eigenvalue weighted by atomic mass is 9.71. The third-order valence-electron chi connectivity index (χ3n) is 8.35. The first kappa shape index (κ1) is 23.2. The van der Waals surface area contributed by atoms with E-state index in [-0.39, 0.29) is 23.0 Å². The number of rotatable bonds is 5. The molecule has 4 heteroatoms. The van der Waals surface area contributed by atoms with E-state index in [0.717, 1.165) is 47.0 Å². The Morgan fingerprint density at radius 1 is 1.03 bits per heavy atom. The van der Waals surface area contributed by atoms with Crippen molar-refractivity contribution in [3.63, 3.8) is 0 Å². The van der Waals surface area contributed by atoms with Crippen LogP contribution < -0.4 is 17.0 Å². The Morgan fingerprint density at radius 3 is 2.68 bits per heavy atom. The second-order valence-corrected chi connectivity index (χ2v) is 10.1. The number of quaternary nitrogens is 1. The van der Waals surface area contributed by atoms with E-state index in [1.54, 1.807) is 0 Å². The van der Waals surface area contributed by atoms with E-state index in [1.807, 2.05) is 30.5 Å². The minimum absolute atomic E-state index is 0. The fourth-order valence-corrected chi connectivity index (χ4v) is 6.67. The predicted octanol–water partition coefficient (Wildman–Crippen LogP) is 3.04. The highest BCUT2D eigenvalue weighted by molar-refractivity contribution is 5.83. The number of aromatic nitrogens is 1. The smallest absolute Gasteiger partial charge is 0.131 e. The number of nitrogens with zero attached hydrogens (tertiary/aromatic N) is 2. The summed E-state index contributed by atoms with van der Waals surface area (Å²) in [6.07, 6.45) is 5.76. The Labute approximate surface area is 212 Å². The second kappa shape index (κ2) is 9.26. The summed E-state index contributed by atoms with van der Waals surface area (Å²) >= 11 is 0. The van der Waals surface area contributed by atoms with Gasteiger partial charge in [0.05, 0.1) is 18.6 Å². The molecule has 4 heterocycles. The first-order valence-corrected chi connectivity index (χ1v) is 12.1. The molecule has 4 aromatic rings. The number of halogens is 1. The molecular weight excluding hydrogens is 484 g/mol. The number of aliphatic hydroxyl groups is 1. The van der Waals surface area contributed by atoms with Crippen molar-refractivity contribution in [3.8, 4) is 0 Å². The van der Waals surface area contributed by atoms with Gasteiger partial charge in [-0.3, -0.25) is 4.98 Å². The standard InChI is InChI=1S/C30H31N2O.BrH/c1-2-22-20-32(19-21-11-12-23-7-3-4-8-24(23)17-21)16-14-25(22)18-29(32)30(33)27-13-15-31-28-10-6-5-9-26(27)28;/h2-13,15,17,22,25,29-30,33H,1,14,16,18-20H2;1H/q+1;/p-1/t22-,25-,29+,30-,32?;/m0./s1. The van der Waals surface area contributed by atoms with E-state index in [4.69, 9.17) is 0 Å². The molecule has 3 saturated heterocycles. The summed E-state index contributed by atoms with van der Waals surface area (Å²) in [6, 6.07) is 25.8. The van der Waals surface area contributed by atoms with Gasteiger partial charge in [0.2, 0.25) is 0 Å². The molecule has 3 fully saturated rings. The summed E-state index contributed by atoms with van der Waals surface area (Å²) < 4.78 is 0.934. The zero-order chi connectivity index (χ0) is 22.4. The van der Waals surface area contributed by atoms with Gasteiger partial charge in [-0.2, -0.15) is 0 Å². The van der Waals surface area contributed by atoms with Crippen LogP contribution in [0.15, 0.2) is 91.6 Å². The van der Waals surface area contributed by atoms with Crippen molar-refractivity contribution in [2.45, 2.75) is 31.5 Å². The van der Waals surface area contributed by atoms with Gasteiger partial charge >= 0.3 is 0 Å². The molecule has 1 aromatic heterocycles. The normalized spacial score (nSPS) is 26.8. The zero-order valence-electron chi connectivity index (χ0n) is 19.4. The van der Waals surface area contributed by atoms with Crippen LogP contribution in [-0.4, -0.2) is 33.7 Å². The van der Waals surface area contributed by atoms with Crippen LogP contribution in [0.2, 0.25) is 0 Å². The molecule has 0 aliphatic carbocycles. The van der Waals surface area contributed by atoms with E-state index >= 15 is 0 Å². The summed E-state index contributed by atoms with van der Waals surface area (Å²) in [7, 11) is 0. The first-order valence-electron chi connectivity index (χ1n) is 12.1. The fourth-order valence-electron chi connectivity index (χ4n) is 6.67. The Hall–Kier alpha value is -2.53. The maximum atomic E-state index is 11.9. The molecule has 3 nitrogen and oxygen atoms in total. The number of piperidine rings is 3. The number of aliphatic hydroxyl groups excluding tert-OH is 1. The molecule has 7 rings (SSSR count). The number of para-hydroxylation sites is 1. The number of fused-ring (bicyclic) bond motifs is 5. The summed E-state index contributed by atoms with van der Waals surface area (Å²) in [4.78, 5) is 4.53. The topological polar surface area (TPSA) is 33.1 Å². The van der Waals surface area contributed by atoms with E-state index in [1.165, 1.54) is 22.8 Å². The van der Waals surface area contributed by atoms with Crippen molar-refractivity contribution in [2.75, 3.05) is 13.1 Å². The van der Waals surface area contributed by atoms with Crippen molar-refractivity contribution < 1.29 is 26.6 Å². The van der Waals surface area contributed by atoms with Crippen molar-refractivity contribution in [3.05, 3.63) is 103 Å². The highest BCUT2D eigenvalue weighted by atomic mass is 79.9. The van der Waals surface area contributed by atoms with E-state index < -0.39 is 6.10 Å². The first-order chi connectivity index (χ1) is 16.2. The predicted molar refractivity (Wildman–Crippen MR) is 135 cm³/mol. The van der Waals surface area contributed by atoms with Gasteiger partial charge in [0.15, 0.2) is 0 Å². The van der Waals surface area contributed by atoms with Crippen LogP contribution in [0.5, 0.6) is 0 Å². The quantitative estimate of drug-likeness (QED) is 0.328. The van der Waals surface area contributed by atoms with Gasteiger partial charge in [0, 0.05) is 35.9 Å². The third-order valence-corrected chi connectivity index (χ3v) is 8.35. The van der Waals surface area contributed by atoms with Gasteiger partial charge in [-0.05, 0) is 40.5 Å². The van der Waals surface area contributed by atoms with Crippen molar-refractivity contribution in [2.24, 2.45) is 11.8 Å². The maximum Gasteiger partial charge on any atom is 0.131 e. The van der Waals surface area contributed by atoms with Crippen molar-refractivity contribution in [1.29, 1.82) is 0 Å². The lowest BCUT2D eigenvalue weighted by molar-refractivity contribution is -0.984. The summed E-state index contributed by atoms with van der Waals surface area (Å²) in [5.74, 6) is 1.14. The van der Waals surface area contributed by atoms with Crippen LogP contribution in [0.4, 0.5) is 0 Å². The highest BCUT2D eigenvalue weighted by Crippen LogP contribution is 2.48.